The normalized spacial score (nSPS) is 17.5. The van der Waals surface area contributed by atoms with E-state index in [1.165, 1.54) is 24.0 Å². The summed E-state index contributed by atoms with van der Waals surface area (Å²) >= 11 is 0. The minimum Gasteiger partial charge on any atom is -0.310 e. The molecule has 3 rings (SSSR count). The summed E-state index contributed by atoms with van der Waals surface area (Å²) in [4.78, 5) is 14.9. The second kappa shape index (κ2) is 8.07. The molecule has 0 radical (unpaired) electrons. The molecule has 0 spiro atoms. The molecule has 1 amide bonds. The van der Waals surface area contributed by atoms with E-state index in [9.17, 15) is 4.79 Å². The highest BCUT2D eigenvalue weighted by Gasteiger charge is 2.34. The van der Waals surface area contributed by atoms with Gasteiger partial charge in [-0.1, -0.05) is 32.8 Å². The monoisotopic (exact) mass is 353 g/mol. The Hall–Kier alpha value is -2.10. The lowest BCUT2D eigenvalue weighted by Gasteiger charge is -2.18. The molecule has 1 unspecified atom stereocenters. The third-order valence-electron chi connectivity index (χ3n) is 5.34. The zero-order valence-corrected chi connectivity index (χ0v) is 16.5. The van der Waals surface area contributed by atoms with Crippen molar-refractivity contribution in [3.63, 3.8) is 0 Å². The number of hydrogen-bond donors (Lipinski definition) is 0. The van der Waals surface area contributed by atoms with Gasteiger partial charge in [0.25, 0.3) is 5.91 Å². The minimum atomic E-state index is -0.173. The highest BCUT2D eigenvalue weighted by molar-refractivity contribution is 5.98. The van der Waals surface area contributed by atoms with Crippen LogP contribution < -0.4 is 4.90 Å². The molecule has 4 nitrogen and oxygen atoms in total. The van der Waals surface area contributed by atoms with Gasteiger partial charge in [0.2, 0.25) is 0 Å². The molecule has 1 aromatic carbocycles. The van der Waals surface area contributed by atoms with Crippen LogP contribution in [-0.2, 0) is 4.79 Å². The number of amides is 1. The summed E-state index contributed by atoms with van der Waals surface area (Å²) < 4.78 is 1.90. The second-order valence-electron chi connectivity index (χ2n) is 7.64. The van der Waals surface area contributed by atoms with Crippen molar-refractivity contribution in [2.45, 2.75) is 71.8 Å². The molecule has 0 bridgehead atoms. The number of benzene rings is 1. The molecule has 1 saturated heterocycles. The summed E-state index contributed by atoms with van der Waals surface area (Å²) in [6, 6.07) is 8.28. The van der Waals surface area contributed by atoms with E-state index in [4.69, 9.17) is 5.10 Å². The molecule has 0 aliphatic carbocycles. The number of carbonyl (C=O) groups is 1. The highest BCUT2D eigenvalue weighted by Crippen LogP contribution is 2.31. The van der Waals surface area contributed by atoms with Gasteiger partial charge in [0.15, 0.2) is 0 Å². The Balaban J connectivity index is 1.78. The Morgan fingerprint density at radius 3 is 2.38 bits per heavy atom. The van der Waals surface area contributed by atoms with Crippen molar-refractivity contribution in [2.24, 2.45) is 0 Å². The second-order valence-corrected chi connectivity index (χ2v) is 7.64. The van der Waals surface area contributed by atoms with Crippen molar-refractivity contribution in [1.82, 2.24) is 9.78 Å². The van der Waals surface area contributed by atoms with Crippen LogP contribution in [0.3, 0.4) is 0 Å². The van der Waals surface area contributed by atoms with E-state index in [0.29, 0.717) is 5.92 Å². The maximum absolute atomic E-state index is 13.0. The van der Waals surface area contributed by atoms with Crippen molar-refractivity contribution in [3.05, 3.63) is 47.3 Å². The molecule has 2 heterocycles. The van der Waals surface area contributed by atoms with Crippen LogP contribution in [0.4, 0.5) is 5.69 Å². The molecule has 26 heavy (non-hydrogen) atoms. The smallest absolute Gasteiger partial charge is 0.251 e. The minimum absolute atomic E-state index is 0.159. The van der Waals surface area contributed by atoms with Crippen molar-refractivity contribution in [1.29, 1.82) is 0 Å². The summed E-state index contributed by atoms with van der Waals surface area (Å²) in [7, 11) is 0. The molecule has 140 valence electrons. The number of anilines is 1. The van der Waals surface area contributed by atoms with Gasteiger partial charge >= 0.3 is 0 Å². The molecular weight excluding hydrogens is 322 g/mol. The number of carbonyl (C=O) groups excluding carboxylic acids is 1. The van der Waals surface area contributed by atoms with Crippen molar-refractivity contribution >= 4 is 11.6 Å². The number of aromatic nitrogens is 2. The van der Waals surface area contributed by atoms with Crippen LogP contribution in [0.2, 0.25) is 0 Å². The van der Waals surface area contributed by atoms with Crippen LogP contribution in [0.5, 0.6) is 0 Å². The van der Waals surface area contributed by atoms with Crippen molar-refractivity contribution < 1.29 is 4.79 Å². The van der Waals surface area contributed by atoms with Crippen LogP contribution in [0, 0.1) is 13.8 Å². The quantitative estimate of drug-likeness (QED) is 0.689. The van der Waals surface area contributed by atoms with E-state index in [1.54, 1.807) is 0 Å². The first kappa shape index (κ1) is 18.7. The van der Waals surface area contributed by atoms with Crippen LogP contribution >= 0.6 is 0 Å². The van der Waals surface area contributed by atoms with Crippen LogP contribution in [-0.4, -0.2) is 22.2 Å². The van der Waals surface area contributed by atoms with Gasteiger partial charge in [-0.05, 0) is 62.4 Å². The average molecular weight is 354 g/mol. The maximum Gasteiger partial charge on any atom is 0.251 e. The molecule has 0 saturated carbocycles. The molecular formula is C22H31N3O. The predicted molar refractivity (Wildman–Crippen MR) is 107 cm³/mol. The fourth-order valence-corrected chi connectivity index (χ4v) is 4.15. The molecule has 0 N–H and O–H groups in total. The Labute approximate surface area is 157 Å². The first-order chi connectivity index (χ1) is 12.5. The fraction of sp³-hybridized carbons (Fsp3) is 0.545. The molecule has 2 aromatic rings. The highest BCUT2D eigenvalue weighted by atomic mass is 16.2. The summed E-state index contributed by atoms with van der Waals surface area (Å²) in [5.74, 6) is 0.672. The molecule has 1 atom stereocenters. The third-order valence-corrected chi connectivity index (χ3v) is 5.34. The van der Waals surface area contributed by atoms with Crippen LogP contribution in [0.15, 0.2) is 30.5 Å². The molecule has 1 aromatic heterocycles. The van der Waals surface area contributed by atoms with Gasteiger partial charge in [-0.25, -0.2) is 0 Å². The topological polar surface area (TPSA) is 38.1 Å². The van der Waals surface area contributed by atoms with E-state index in [1.807, 2.05) is 15.8 Å². The van der Waals surface area contributed by atoms with E-state index in [-0.39, 0.29) is 11.9 Å². The maximum atomic E-state index is 13.0. The van der Waals surface area contributed by atoms with Crippen LogP contribution in [0.1, 0.15) is 74.7 Å². The van der Waals surface area contributed by atoms with E-state index in [2.05, 4.69) is 52.0 Å². The largest absolute Gasteiger partial charge is 0.310 e. The van der Waals surface area contributed by atoms with Crippen LogP contribution in [0.25, 0.3) is 0 Å². The summed E-state index contributed by atoms with van der Waals surface area (Å²) in [5, 5.41) is 4.81. The van der Waals surface area contributed by atoms with Gasteiger partial charge in [0.1, 0.15) is 6.04 Å². The van der Waals surface area contributed by atoms with Gasteiger partial charge < -0.3 is 4.90 Å². The SMILES string of the molecule is CCCC(CCC)c1ccn(C2CCN(c3cc(C)cc(C)c3)C2=O)n1. The zero-order chi connectivity index (χ0) is 18.7. The average Bonchev–Trinajstić information content (AvgIpc) is 3.20. The lowest BCUT2D eigenvalue weighted by Crippen LogP contribution is -2.28. The van der Waals surface area contributed by atoms with Gasteiger partial charge in [-0.2, -0.15) is 5.10 Å². The summed E-state index contributed by atoms with van der Waals surface area (Å²) in [6.07, 6.45) is 7.48. The van der Waals surface area contributed by atoms with E-state index in [0.717, 1.165) is 37.2 Å². The standard InChI is InChI=1S/C22H31N3O/c1-5-7-18(8-6-2)20-9-12-25(23-20)21-10-11-24(22(21)26)19-14-16(3)13-17(4)15-19/h9,12-15,18,21H,5-8,10-11H2,1-4H3. The molecule has 1 aliphatic heterocycles. The first-order valence-electron chi connectivity index (χ1n) is 9.98. The van der Waals surface area contributed by atoms with Gasteiger partial charge in [-0.3, -0.25) is 9.48 Å². The Morgan fingerprint density at radius 2 is 1.77 bits per heavy atom. The van der Waals surface area contributed by atoms with Gasteiger partial charge in [0, 0.05) is 24.3 Å². The predicted octanol–water partition coefficient (Wildman–Crippen LogP) is 5.16. The van der Waals surface area contributed by atoms with Gasteiger partial charge in [0.05, 0.1) is 5.69 Å². The zero-order valence-electron chi connectivity index (χ0n) is 16.5. The third kappa shape index (κ3) is 3.84. The van der Waals surface area contributed by atoms with E-state index >= 15 is 0 Å². The van der Waals surface area contributed by atoms with Gasteiger partial charge in [-0.15, -0.1) is 0 Å². The lowest BCUT2D eigenvalue weighted by atomic mass is 9.95. The number of rotatable bonds is 7. The fourth-order valence-electron chi connectivity index (χ4n) is 4.15. The Bertz CT molecular complexity index is 738. The van der Waals surface area contributed by atoms with E-state index < -0.39 is 0 Å². The van der Waals surface area contributed by atoms with Crippen molar-refractivity contribution in [3.8, 4) is 0 Å². The number of aryl methyl sites for hydroxylation is 2. The summed E-state index contributed by atoms with van der Waals surface area (Å²) in [6.45, 7) is 9.37. The first-order valence-corrected chi connectivity index (χ1v) is 9.98. The lowest BCUT2D eigenvalue weighted by molar-refractivity contribution is -0.120. The molecule has 1 fully saturated rings. The number of nitrogens with zero attached hydrogens (tertiary/aromatic N) is 3. The summed E-state index contributed by atoms with van der Waals surface area (Å²) in [5.41, 5.74) is 4.54. The van der Waals surface area contributed by atoms with Crippen molar-refractivity contribution in [2.75, 3.05) is 11.4 Å². The Kier molecular flexibility index (Phi) is 5.80. The molecule has 4 heteroatoms. The Morgan fingerprint density at radius 1 is 1.12 bits per heavy atom. The number of hydrogen-bond acceptors (Lipinski definition) is 2. The molecule has 1 aliphatic rings.